The molecule has 4 heteroatoms. The van der Waals surface area contributed by atoms with E-state index in [1.54, 1.807) is 0 Å². The van der Waals surface area contributed by atoms with Crippen LogP contribution in [0.25, 0.3) is 0 Å². The van der Waals surface area contributed by atoms with Gasteiger partial charge in [-0.25, -0.2) is 0 Å². The van der Waals surface area contributed by atoms with Crippen LogP contribution >= 0.6 is 19.1 Å². The highest BCUT2D eigenvalue weighted by Gasteiger charge is 1.61. The normalized spacial score (nSPS) is 13.2. The lowest BCUT2D eigenvalue weighted by Gasteiger charge is -1.64. The van der Waals surface area contributed by atoms with Crippen molar-refractivity contribution >= 4 is 35.1 Å². The summed E-state index contributed by atoms with van der Waals surface area (Å²) in [7, 11) is 3.11. The molecule has 0 aliphatic heterocycles. The van der Waals surface area contributed by atoms with E-state index in [0.717, 1.165) is 8.01 Å². The molecule has 0 aliphatic carbocycles. The summed E-state index contributed by atoms with van der Waals surface area (Å²) in [6.45, 7) is 0. The predicted octanol–water partition coefficient (Wildman–Crippen LogP) is -0.549. The molecule has 0 radical (unpaired) electrons. The average molecular weight is 110 g/mol. The second-order valence-electron chi connectivity index (χ2n) is 0.487. The van der Waals surface area contributed by atoms with Gasteiger partial charge in [-0.1, -0.05) is 0 Å². The van der Waals surface area contributed by atoms with Gasteiger partial charge in [0.15, 0.2) is 0 Å². The highest BCUT2D eigenvalue weighted by atomic mass is 35.6. The van der Waals surface area contributed by atoms with Crippen molar-refractivity contribution in [3.05, 3.63) is 0 Å². The molecule has 0 aromatic rings. The van der Waals surface area contributed by atoms with Gasteiger partial charge in [0.25, 0.3) is 0 Å². The minimum Gasteiger partial charge on any atom is -0.171 e. The maximum absolute atomic E-state index is 5.34. The molecule has 0 spiro atoms. The molecule has 0 saturated heterocycles. The van der Waals surface area contributed by atoms with Crippen LogP contribution in [0.1, 0.15) is 0 Å². The van der Waals surface area contributed by atoms with Crippen molar-refractivity contribution in [2.45, 2.75) is 0 Å². The van der Waals surface area contributed by atoms with Crippen LogP contribution in [0.3, 0.4) is 0 Å². The van der Waals surface area contributed by atoms with E-state index in [4.69, 9.17) is 11.1 Å². The predicted molar refractivity (Wildman–Crippen MR) is 31.3 cm³/mol. The summed E-state index contributed by atoms with van der Waals surface area (Å²) in [5.41, 5.74) is 0. The van der Waals surface area contributed by atoms with Gasteiger partial charge in [0.2, 0.25) is 0 Å². The van der Waals surface area contributed by atoms with Crippen LogP contribution in [0, 0.1) is 0 Å². The summed E-state index contributed by atoms with van der Waals surface area (Å²) in [6, 6.07) is 0. The SMILES string of the molecule is BP[SiH2]Cl. The molecular formula is H5BClPSi. The third kappa shape index (κ3) is 3.00. The van der Waals surface area contributed by atoms with E-state index in [9.17, 15) is 0 Å². The van der Waals surface area contributed by atoms with Crippen LogP contribution in [0.2, 0.25) is 0 Å². The second kappa shape index (κ2) is 4.00. The molecular weight excluding hydrogens is 105 g/mol. The Hall–Kier alpha value is 1.00. The van der Waals surface area contributed by atoms with Crippen molar-refractivity contribution in [3.63, 3.8) is 0 Å². The Morgan fingerprint density at radius 2 is 2.25 bits per heavy atom. The zero-order valence-corrected chi connectivity index (χ0v) is 5.76. The van der Waals surface area contributed by atoms with E-state index in [-0.39, 0.29) is 8.50 Å². The Kier molecular flexibility index (Phi) is 5.00. The smallest absolute Gasteiger partial charge is 0.139 e. The van der Waals surface area contributed by atoms with Crippen LogP contribution in [-0.4, -0.2) is 16.1 Å². The Bertz CT molecular complexity index is 10.0. The van der Waals surface area contributed by atoms with Gasteiger partial charge in [0.1, 0.15) is 16.1 Å². The lowest BCUT2D eigenvalue weighted by molar-refractivity contribution is 4.45. The molecule has 1 atom stereocenters. The summed E-state index contributed by atoms with van der Waals surface area (Å²) >= 11 is 5.34. The molecule has 0 N–H and O–H groups in total. The van der Waals surface area contributed by atoms with Gasteiger partial charge in [-0.05, 0) is 0 Å². The van der Waals surface area contributed by atoms with E-state index in [1.165, 1.54) is 0 Å². The fraction of sp³-hybridized carbons (Fsp3) is 0. The molecule has 0 nitrogen and oxygen atoms in total. The van der Waals surface area contributed by atoms with Gasteiger partial charge in [0, 0.05) is 0 Å². The van der Waals surface area contributed by atoms with E-state index in [2.05, 4.69) is 7.57 Å². The first-order valence-corrected chi connectivity index (χ1v) is 7.09. The van der Waals surface area contributed by atoms with Gasteiger partial charge in [-0.3, -0.25) is 0 Å². The van der Waals surface area contributed by atoms with Gasteiger partial charge in [-0.2, -0.15) is 19.1 Å². The zero-order chi connectivity index (χ0) is 3.41. The van der Waals surface area contributed by atoms with Crippen molar-refractivity contribution in [2.24, 2.45) is 0 Å². The third-order valence-corrected chi connectivity index (χ3v) is 3.61. The third-order valence-electron chi connectivity index (χ3n) is 0.134. The first-order chi connectivity index (χ1) is 1.91. The first kappa shape index (κ1) is 5.00. The standard InChI is InChI=1S/BClH5PSi/c1-3-4-2/h3H,1,4H2. The monoisotopic (exact) mass is 110 g/mol. The fourth-order valence-electron chi connectivity index (χ4n) is 0. The zero-order valence-electron chi connectivity index (χ0n) is 2.59. The number of hydrogen-bond donors (Lipinski definition) is 0. The quantitative estimate of drug-likeness (QED) is 0.241. The van der Waals surface area contributed by atoms with Crippen molar-refractivity contribution in [2.75, 3.05) is 0 Å². The lowest BCUT2D eigenvalue weighted by Crippen LogP contribution is -1.51. The molecule has 0 heterocycles. The lowest BCUT2D eigenvalue weighted by atomic mass is 10.8. The maximum Gasteiger partial charge on any atom is 0.139 e. The van der Waals surface area contributed by atoms with Crippen LogP contribution in [0.15, 0.2) is 0 Å². The number of rotatable bonds is 1. The molecule has 0 rings (SSSR count). The van der Waals surface area contributed by atoms with Gasteiger partial charge < -0.3 is 0 Å². The van der Waals surface area contributed by atoms with Crippen molar-refractivity contribution < 1.29 is 0 Å². The van der Waals surface area contributed by atoms with Crippen LogP contribution in [0.5, 0.6) is 0 Å². The average Bonchev–Trinajstić information content (AvgIpc) is 1.37. The van der Waals surface area contributed by atoms with Crippen molar-refractivity contribution in [1.82, 2.24) is 0 Å². The van der Waals surface area contributed by atoms with Gasteiger partial charge >= 0.3 is 0 Å². The second-order valence-corrected chi connectivity index (χ2v) is 6.79. The molecule has 1 unspecified atom stereocenters. The maximum atomic E-state index is 5.34. The molecule has 0 fully saturated rings. The molecule has 24 valence electrons. The Morgan fingerprint density at radius 3 is 2.25 bits per heavy atom. The minimum absolute atomic E-state index is 0.0756. The molecule has 4 heavy (non-hydrogen) atoms. The van der Waals surface area contributed by atoms with Crippen molar-refractivity contribution in [3.8, 4) is 0 Å². The summed E-state index contributed by atoms with van der Waals surface area (Å²) in [5, 5.41) is 0. The largest absolute Gasteiger partial charge is 0.171 e. The van der Waals surface area contributed by atoms with E-state index in [1.807, 2.05) is 0 Å². The first-order valence-electron chi connectivity index (χ1n) is 1.12. The van der Waals surface area contributed by atoms with Gasteiger partial charge in [-0.15, -0.1) is 0 Å². The number of hydrogen-bond acceptors (Lipinski definition) is 0. The highest BCUT2D eigenvalue weighted by molar-refractivity contribution is 7.96. The molecule has 0 aromatic heterocycles. The topological polar surface area (TPSA) is 0 Å². The molecule has 0 aromatic carbocycles. The molecule has 0 aliphatic rings. The molecule has 0 amide bonds. The van der Waals surface area contributed by atoms with Crippen LogP contribution < -0.4 is 0 Å². The summed E-state index contributed by atoms with van der Waals surface area (Å²) in [6.07, 6.45) is 0. The summed E-state index contributed by atoms with van der Waals surface area (Å²) < 4.78 is 0. The fourth-order valence-corrected chi connectivity index (χ4v) is 0. The Morgan fingerprint density at radius 1 is 2.00 bits per heavy atom. The van der Waals surface area contributed by atoms with E-state index < -0.39 is 0 Å². The van der Waals surface area contributed by atoms with Gasteiger partial charge in [0.05, 0.1) is 0 Å². The Labute approximate surface area is 35.8 Å². The highest BCUT2D eigenvalue weighted by Crippen LogP contribution is 1.95. The van der Waals surface area contributed by atoms with Crippen LogP contribution in [0.4, 0.5) is 0 Å². The Balaban J connectivity index is 1.97. The van der Waals surface area contributed by atoms with E-state index >= 15 is 0 Å². The van der Waals surface area contributed by atoms with Crippen molar-refractivity contribution in [1.29, 1.82) is 0 Å². The van der Waals surface area contributed by atoms with Crippen LogP contribution in [-0.2, 0) is 0 Å². The minimum atomic E-state index is -0.0756. The summed E-state index contributed by atoms with van der Waals surface area (Å²) in [4.78, 5) is 0. The molecule has 0 bridgehead atoms. The molecule has 0 saturated carbocycles. The number of halogens is 1. The van der Waals surface area contributed by atoms with E-state index in [0.29, 0.717) is 0 Å². The summed E-state index contributed by atoms with van der Waals surface area (Å²) in [5.74, 6) is 0.